The summed E-state index contributed by atoms with van der Waals surface area (Å²) in [5.74, 6) is 0.988. The van der Waals surface area contributed by atoms with Crippen LogP contribution in [0.2, 0.25) is 0 Å². The molecule has 0 aliphatic carbocycles. The van der Waals surface area contributed by atoms with Gasteiger partial charge in [0.1, 0.15) is 5.58 Å². The first kappa shape index (κ1) is 25.0. The zero-order valence-corrected chi connectivity index (χ0v) is 21.1. The van der Waals surface area contributed by atoms with E-state index in [0.29, 0.717) is 17.2 Å². The Hall–Kier alpha value is -3.10. The number of nitrogens with one attached hydrogen (secondary N) is 1. The van der Waals surface area contributed by atoms with Gasteiger partial charge in [-0.2, -0.15) is 5.26 Å². The summed E-state index contributed by atoms with van der Waals surface area (Å²) in [6.07, 6.45) is 7.85. The number of likely N-dealkylation sites (tertiary alicyclic amines) is 1. The van der Waals surface area contributed by atoms with Crippen LogP contribution in [0.3, 0.4) is 0 Å². The van der Waals surface area contributed by atoms with Crippen molar-refractivity contribution in [2.24, 2.45) is 5.92 Å². The van der Waals surface area contributed by atoms with Gasteiger partial charge in [0.2, 0.25) is 0 Å². The summed E-state index contributed by atoms with van der Waals surface area (Å²) in [6.45, 7) is 7.25. The fraction of sp³-hybridized carbons (Fsp3) is 0.467. The quantitative estimate of drug-likeness (QED) is 0.368. The number of piperidine rings is 1. The molecule has 1 aliphatic rings. The van der Waals surface area contributed by atoms with Crippen molar-refractivity contribution < 1.29 is 9.21 Å². The van der Waals surface area contributed by atoms with E-state index in [2.05, 4.69) is 48.3 Å². The Morgan fingerprint density at radius 2 is 1.74 bits per heavy atom. The summed E-state index contributed by atoms with van der Waals surface area (Å²) >= 11 is 0. The number of nitriles is 1. The molecule has 3 aromatic rings. The fourth-order valence-electron chi connectivity index (χ4n) is 5.25. The summed E-state index contributed by atoms with van der Waals surface area (Å²) < 4.78 is 5.99. The molecule has 1 aliphatic heterocycles. The number of carbonyl (C=O) groups excluding carboxylic acids is 1. The highest BCUT2D eigenvalue weighted by Gasteiger charge is 2.23. The molecule has 2 heterocycles. The second-order valence-corrected chi connectivity index (χ2v) is 9.96. The number of carbonyl (C=O) groups is 1. The maximum absolute atomic E-state index is 12.9. The highest BCUT2D eigenvalue weighted by atomic mass is 16.3. The minimum absolute atomic E-state index is 0.122. The standard InChI is InChI=1S/C30H37N3O2/c1-3-5-22(6-4-2)17-25-11-12-26-19-29(35-28(26)18-25)30(34)32-27-13-15-33(16-14-27)21-24-9-7-23(20-31)8-10-24/h7-12,18-19,22,27H,3-6,13-17,21H2,1-2H3,(H,32,34). The second kappa shape index (κ2) is 12.0. The van der Waals surface area contributed by atoms with E-state index in [0.717, 1.165) is 49.9 Å². The normalized spacial score (nSPS) is 14.9. The number of nitrogens with zero attached hydrogens (tertiary/aromatic N) is 2. The van der Waals surface area contributed by atoms with Crippen LogP contribution in [0.5, 0.6) is 0 Å². The number of hydrogen-bond donors (Lipinski definition) is 1. The number of hydrogen-bond acceptors (Lipinski definition) is 4. The van der Waals surface area contributed by atoms with Gasteiger partial charge in [0.15, 0.2) is 5.76 Å². The Morgan fingerprint density at radius 3 is 2.40 bits per heavy atom. The molecule has 1 saturated heterocycles. The zero-order valence-electron chi connectivity index (χ0n) is 21.1. The summed E-state index contributed by atoms with van der Waals surface area (Å²) in [5, 5.41) is 13.1. The van der Waals surface area contributed by atoms with Gasteiger partial charge < -0.3 is 9.73 Å². The van der Waals surface area contributed by atoms with E-state index in [-0.39, 0.29) is 11.9 Å². The summed E-state index contributed by atoms with van der Waals surface area (Å²) in [4.78, 5) is 15.3. The van der Waals surface area contributed by atoms with Gasteiger partial charge in [0.25, 0.3) is 5.91 Å². The number of benzene rings is 2. The smallest absolute Gasteiger partial charge is 0.287 e. The van der Waals surface area contributed by atoms with E-state index in [1.165, 1.54) is 36.8 Å². The van der Waals surface area contributed by atoms with Crippen LogP contribution in [-0.4, -0.2) is 29.9 Å². The van der Waals surface area contributed by atoms with Crippen molar-refractivity contribution >= 4 is 16.9 Å². The molecule has 5 nitrogen and oxygen atoms in total. The Morgan fingerprint density at radius 1 is 1.06 bits per heavy atom. The molecule has 0 radical (unpaired) electrons. The first-order valence-electron chi connectivity index (χ1n) is 13.1. The molecule has 1 amide bonds. The van der Waals surface area contributed by atoms with Crippen molar-refractivity contribution in [3.05, 3.63) is 71.0 Å². The maximum atomic E-state index is 12.9. The van der Waals surface area contributed by atoms with Gasteiger partial charge in [-0.15, -0.1) is 0 Å². The van der Waals surface area contributed by atoms with Gasteiger partial charge in [-0.25, -0.2) is 0 Å². The molecule has 1 aromatic heterocycles. The molecule has 1 fully saturated rings. The van der Waals surface area contributed by atoms with Crippen LogP contribution in [0.25, 0.3) is 11.0 Å². The molecule has 2 aromatic carbocycles. The second-order valence-electron chi connectivity index (χ2n) is 9.96. The molecule has 0 atom stereocenters. The van der Waals surface area contributed by atoms with Crippen LogP contribution in [0.15, 0.2) is 52.9 Å². The average Bonchev–Trinajstić information content (AvgIpc) is 3.30. The number of furan rings is 1. The van der Waals surface area contributed by atoms with Crippen molar-refractivity contribution in [2.45, 2.75) is 71.4 Å². The first-order valence-corrected chi connectivity index (χ1v) is 13.1. The van der Waals surface area contributed by atoms with E-state index in [1.807, 2.05) is 30.3 Å². The third-order valence-electron chi connectivity index (χ3n) is 7.14. The van der Waals surface area contributed by atoms with Gasteiger partial charge in [-0.05, 0) is 60.6 Å². The molecular formula is C30H37N3O2. The fourth-order valence-corrected chi connectivity index (χ4v) is 5.25. The molecule has 0 bridgehead atoms. The SMILES string of the molecule is CCCC(CCC)Cc1ccc2cc(C(=O)NC3CCN(Cc4ccc(C#N)cc4)CC3)oc2c1. The Kier molecular flexibility index (Phi) is 8.60. The lowest BCUT2D eigenvalue weighted by Crippen LogP contribution is -2.44. The summed E-state index contributed by atoms with van der Waals surface area (Å²) in [7, 11) is 0. The van der Waals surface area contributed by atoms with Gasteiger partial charge in [-0.3, -0.25) is 9.69 Å². The number of rotatable bonds is 10. The molecule has 5 heteroatoms. The van der Waals surface area contributed by atoms with Gasteiger partial charge in [0.05, 0.1) is 11.6 Å². The minimum Gasteiger partial charge on any atom is -0.451 e. The predicted molar refractivity (Wildman–Crippen MR) is 140 cm³/mol. The van der Waals surface area contributed by atoms with E-state index in [4.69, 9.17) is 9.68 Å². The molecule has 4 rings (SSSR count). The van der Waals surface area contributed by atoms with Crippen LogP contribution in [-0.2, 0) is 13.0 Å². The third kappa shape index (κ3) is 6.74. The van der Waals surface area contributed by atoms with Crippen molar-refractivity contribution in [1.82, 2.24) is 10.2 Å². The molecule has 0 spiro atoms. The monoisotopic (exact) mass is 471 g/mol. The number of amides is 1. The lowest BCUT2D eigenvalue weighted by atomic mass is 9.91. The Bertz CT molecular complexity index is 1140. The molecule has 35 heavy (non-hydrogen) atoms. The minimum atomic E-state index is -0.122. The topological polar surface area (TPSA) is 69.3 Å². The lowest BCUT2D eigenvalue weighted by molar-refractivity contribution is 0.0883. The molecule has 184 valence electrons. The lowest BCUT2D eigenvalue weighted by Gasteiger charge is -2.32. The van der Waals surface area contributed by atoms with Crippen molar-refractivity contribution in [2.75, 3.05) is 13.1 Å². The maximum Gasteiger partial charge on any atom is 0.287 e. The van der Waals surface area contributed by atoms with Gasteiger partial charge in [-0.1, -0.05) is 63.8 Å². The van der Waals surface area contributed by atoms with Crippen LogP contribution in [0, 0.1) is 17.2 Å². The summed E-state index contributed by atoms with van der Waals surface area (Å²) in [6, 6.07) is 18.3. The van der Waals surface area contributed by atoms with Crippen LogP contribution >= 0.6 is 0 Å². The Balaban J connectivity index is 1.30. The number of fused-ring (bicyclic) bond motifs is 1. The van der Waals surface area contributed by atoms with E-state index in [1.54, 1.807) is 0 Å². The van der Waals surface area contributed by atoms with E-state index in [9.17, 15) is 4.79 Å². The van der Waals surface area contributed by atoms with Crippen molar-refractivity contribution in [3.63, 3.8) is 0 Å². The van der Waals surface area contributed by atoms with Crippen LogP contribution < -0.4 is 5.32 Å². The third-order valence-corrected chi connectivity index (χ3v) is 7.14. The van der Waals surface area contributed by atoms with E-state index < -0.39 is 0 Å². The summed E-state index contributed by atoms with van der Waals surface area (Å²) in [5.41, 5.74) is 4.00. The zero-order chi connectivity index (χ0) is 24.6. The van der Waals surface area contributed by atoms with Gasteiger partial charge in [0, 0.05) is 31.1 Å². The van der Waals surface area contributed by atoms with Gasteiger partial charge >= 0.3 is 0 Å². The largest absolute Gasteiger partial charge is 0.451 e. The van der Waals surface area contributed by atoms with Crippen molar-refractivity contribution in [1.29, 1.82) is 5.26 Å². The highest BCUT2D eigenvalue weighted by molar-refractivity contribution is 5.96. The van der Waals surface area contributed by atoms with E-state index >= 15 is 0 Å². The highest BCUT2D eigenvalue weighted by Crippen LogP contribution is 2.25. The molecule has 0 saturated carbocycles. The average molecular weight is 472 g/mol. The van der Waals surface area contributed by atoms with Crippen LogP contribution in [0.1, 0.15) is 79.6 Å². The molecule has 0 unspecified atom stereocenters. The molecular weight excluding hydrogens is 434 g/mol. The predicted octanol–water partition coefficient (Wildman–Crippen LogP) is 6.46. The molecule has 1 N–H and O–H groups in total. The van der Waals surface area contributed by atoms with Crippen LogP contribution in [0.4, 0.5) is 0 Å². The van der Waals surface area contributed by atoms with Crippen molar-refractivity contribution in [3.8, 4) is 6.07 Å². The Labute approximate surface area is 209 Å². The first-order chi connectivity index (χ1) is 17.1.